The maximum atomic E-state index is 12.9. The molecule has 1 saturated heterocycles. The van der Waals surface area contributed by atoms with Crippen molar-refractivity contribution in [3.05, 3.63) is 76.5 Å². The van der Waals surface area contributed by atoms with Gasteiger partial charge in [-0.05, 0) is 42.0 Å². The summed E-state index contributed by atoms with van der Waals surface area (Å²) in [5, 5.41) is 5.16. The number of benzene rings is 2. The van der Waals surface area contributed by atoms with E-state index in [9.17, 15) is 18.8 Å². The molecule has 2 aromatic carbocycles. The van der Waals surface area contributed by atoms with Crippen molar-refractivity contribution in [3.8, 4) is 0 Å². The number of aromatic nitrogens is 1. The average Bonchev–Trinajstić information content (AvgIpc) is 3.35. The van der Waals surface area contributed by atoms with Crippen molar-refractivity contribution >= 4 is 51.6 Å². The molecule has 6 nitrogen and oxygen atoms in total. The topological polar surface area (TPSA) is 79.4 Å². The van der Waals surface area contributed by atoms with E-state index in [4.69, 9.17) is 0 Å². The lowest BCUT2D eigenvalue weighted by Gasteiger charge is -2.13. The van der Waals surface area contributed by atoms with Gasteiger partial charge < -0.3 is 0 Å². The first kappa shape index (κ1) is 21.2. The van der Waals surface area contributed by atoms with Crippen LogP contribution in [-0.2, 0) is 21.1 Å². The molecule has 158 valence electrons. The van der Waals surface area contributed by atoms with Gasteiger partial charge in [0, 0.05) is 35.3 Å². The van der Waals surface area contributed by atoms with Gasteiger partial charge in [0.2, 0.25) is 11.8 Å². The Kier molecular flexibility index (Phi) is 6.43. The van der Waals surface area contributed by atoms with Gasteiger partial charge >= 0.3 is 0 Å². The molecule has 4 rings (SSSR count). The van der Waals surface area contributed by atoms with Gasteiger partial charge in [-0.25, -0.2) is 9.37 Å². The van der Waals surface area contributed by atoms with Crippen molar-refractivity contribution < 1.29 is 18.8 Å². The molecule has 3 aromatic rings. The van der Waals surface area contributed by atoms with E-state index in [1.165, 1.54) is 23.5 Å². The zero-order valence-corrected chi connectivity index (χ0v) is 18.0. The van der Waals surface area contributed by atoms with E-state index in [-0.39, 0.29) is 36.4 Å². The lowest BCUT2D eigenvalue weighted by Crippen LogP contribution is -2.28. The van der Waals surface area contributed by atoms with Crippen LogP contribution in [0.5, 0.6) is 0 Å². The monoisotopic (exact) mass is 455 g/mol. The normalized spacial score (nSPS) is 13.6. The predicted octanol–water partition coefficient (Wildman–Crippen LogP) is 4.62. The molecule has 0 radical (unpaired) electrons. The van der Waals surface area contributed by atoms with E-state index >= 15 is 0 Å². The first-order valence-electron chi connectivity index (χ1n) is 9.53. The Morgan fingerprint density at radius 2 is 1.71 bits per heavy atom. The van der Waals surface area contributed by atoms with Crippen LogP contribution in [0.15, 0.2) is 53.9 Å². The SMILES string of the molecule is O=C(Nc1nc(CSCc2ccc(F)cc2)cs1)c1ccc(N2C(=O)CCC2=O)cc1. The van der Waals surface area contributed by atoms with E-state index in [0.717, 1.165) is 21.9 Å². The summed E-state index contributed by atoms with van der Waals surface area (Å²) in [4.78, 5) is 41.7. The van der Waals surface area contributed by atoms with Crippen molar-refractivity contribution in [2.24, 2.45) is 0 Å². The standard InChI is InChI=1S/C22H18FN3O3S2/c23-16-5-1-14(2-6-16)11-30-12-17-13-31-22(24-17)25-21(29)15-3-7-18(8-4-15)26-19(27)9-10-20(26)28/h1-8,13H,9-12H2,(H,24,25,29). The van der Waals surface area contributed by atoms with Crippen LogP contribution in [-0.4, -0.2) is 22.7 Å². The van der Waals surface area contributed by atoms with Crippen LogP contribution >= 0.6 is 23.1 Å². The van der Waals surface area contributed by atoms with Gasteiger partial charge in [-0.1, -0.05) is 12.1 Å². The second-order valence-electron chi connectivity index (χ2n) is 6.89. The molecule has 3 amide bonds. The lowest BCUT2D eigenvalue weighted by molar-refractivity contribution is -0.121. The molecule has 1 N–H and O–H groups in total. The summed E-state index contributed by atoms with van der Waals surface area (Å²) in [7, 11) is 0. The van der Waals surface area contributed by atoms with Crippen molar-refractivity contribution in [1.82, 2.24) is 4.98 Å². The molecular formula is C22H18FN3O3S2. The van der Waals surface area contributed by atoms with Crippen LogP contribution in [0.4, 0.5) is 15.2 Å². The Balaban J connectivity index is 1.30. The van der Waals surface area contributed by atoms with Gasteiger partial charge in [-0.3, -0.25) is 24.6 Å². The van der Waals surface area contributed by atoms with Gasteiger partial charge in [-0.2, -0.15) is 11.8 Å². The minimum atomic E-state index is -0.314. The van der Waals surface area contributed by atoms with E-state index in [0.29, 0.717) is 22.1 Å². The zero-order valence-electron chi connectivity index (χ0n) is 16.3. The van der Waals surface area contributed by atoms with Crippen molar-refractivity contribution in [2.45, 2.75) is 24.3 Å². The summed E-state index contributed by atoms with van der Waals surface area (Å²) in [6.07, 6.45) is 0.436. The second kappa shape index (κ2) is 9.40. The Morgan fingerprint density at radius 1 is 1.03 bits per heavy atom. The van der Waals surface area contributed by atoms with Crippen molar-refractivity contribution in [2.75, 3.05) is 10.2 Å². The number of carbonyl (C=O) groups excluding carboxylic acids is 3. The fraction of sp³-hybridized carbons (Fsp3) is 0.182. The van der Waals surface area contributed by atoms with Crippen LogP contribution in [0.3, 0.4) is 0 Å². The van der Waals surface area contributed by atoms with Crippen LogP contribution in [0, 0.1) is 5.82 Å². The average molecular weight is 456 g/mol. The van der Waals surface area contributed by atoms with Gasteiger partial charge in [0.05, 0.1) is 11.4 Å². The number of hydrogen-bond donors (Lipinski definition) is 1. The van der Waals surface area contributed by atoms with Gasteiger partial charge in [0.25, 0.3) is 5.91 Å². The number of thioether (sulfide) groups is 1. The van der Waals surface area contributed by atoms with Gasteiger partial charge in [0.15, 0.2) is 5.13 Å². The smallest absolute Gasteiger partial charge is 0.257 e. The highest BCUT2D eigenvalue weighted by Crippen LogP contribution is 2.25. The third-order valence-electron chi connectivity index (χ3n) is 4.64. The highest BCUT2D eigenvalue weighted by molar-refractivity contribution is 7.97. The molecule has 31 heavy (non-hydrogen) atoms. The number of nitrogens with zero attached hydrogens (tertiary/aromatic N) is 2. The molecule has 9 heteroatoms. The van der Waals surface area contributed by atoms with Gasteiger partial charge in [-0.15, -0.1) is 11.3 Å². The first-order chi connectivity index (χ1) is 15.0. The number of rotatable bonds is 7. The first-order valence-corrected chi connectivity index (χ1v) is 11.6. The molecule has 0 aliphatic carbocycles. The summed E-state index contributed by atoms with van der Waals surface area (Å²) in [6.45, 7) is 0. The fourth-order valence-corrected chi connectivity index (χ4v) is 4.78. The predicted molar refractivity (Wildman–Crippen MR) is 120 cm³/mol. The number of imide groups is 1. The maximum Gasteiger partial charge on any atom is 0.257 e. The molecule has 0 atom stereocenters. The number of anilines is 2. The summed E-state index contributed by atoms with van der Waals surface area (Å²) in [5.41, 5.74) is 2.77. The lowest BCUT2D eigenvalue weighted by atomic mass is 10.2. The molecule has 0 saturated carbocycles. The van der Waals surface area contributed by atoms with Crippen LogP contribution in [0.25, 0.3) is 0 Å². The van der Waals surface area contributed by atoms with Crippen LogP contribution in [0.2, 0.25) is 0 Å². The molecule has 1 aliphatic rings. The summed E-state index contributed by atoms with van der Waals surface area (Å²) in [5.74, 6) is 0.404. The van der Waals surface area contributed by atoms with E-state index in [2.05, 4.69) is 10.3 Å². The van der Waals surface area contributed by atoms with E-state index in [1.54, 1.807) is 48.2 Å². The largest absolute Gasteiger partial charge is 0.298 e. The Morgan fingerprint density at radius 3 is 2.39 bits per heavy atom. The number of halogens is 1. The second-order valence-corrected chi connectivity index (χ2v) is 8.73. The summed E-state index contributed by atoms with van der Waals surface area (Å²) >= 11 is 3.00. The quantitative estimate of drug-likeness (QED) is 0.526. The summed E-state index contributed by atoms with van der Waals surface area (Å²) < 4.78 is 12.9. The van der Waals surface area contributed by atoms with Crippen molar-refractivity contribution in [1.29, 1.82) is 0 Å². The molecule has 1 aromatic heterocycles. The number of amides is 3. The molecule has 1 fully saturated rings. The van der Waals surface area contributed by atoms with Crippen LogP contribution < -0.4 is 10.2 Å². The maximum absolute atomic E-state index is 12.9. The Bertz CT molecular complexity index is 1100. The molecular weight excluding hydrogens is 437 g/mol. The van der Waals surface area contributed by atoms with E-state index < -0.39 is 0 Å². The minimum absolute atomic E-state index is 0.218. The minimum Gasteiger partial charge on any atom is -0.298 e. The number of thiazole rings is 1. The number of nitrogens with one attached hydrogen (secondary N) is 1. The fourth-order valence-electron chi connectivity index (χ4n) is 3.08. The Hall–Kier alpha value is -3.04. The third-order valence-corrected chi connectivity index (χ3v) is 6.49. The van der Waals surface area contributed by atoms with Crippen molar-refractivity contribution in [3.63, 3.8) is 0 Å². The zero-order chi connectivity index (χ0) is 21.8. The molecule has 0 bridgehead atoms. The number of hydrogen-bond acceptors (Lipinski definition) is 6. The molecule has 0 spiro atoms. The number of carbonyl (C=O) groups is 3. The Labute approximate surface area is 186 Å². The van der Waals surface area contributed by atoms with Gasteiger partial charge in [0.1, 0.15) is 5.82 Å². The summed E-state index contributed by atoms with van der Waals surface area (Å²) in [6, 6.07) is 12.8. The van der Waals surface area contributed by atoms with Crippen LogP contribution in [0.1, 0.15) is 34.5 Å². The highest BCUT2D eigenvalue weighted by Gasteiger charge is 2.30. The molecule has 1 aliphatic heterocycles. The highest BCUT2D eigenvalue weighted by atomic mass is 32.2. The third kappa shape index (κ3) is 5.18. The van der Waals surface area contributed by atoms with E-state index in [1.807, 2.05) is 5.38 Å². The molecule has 0 unspecified atom stereocenters. The molecule has 2 heterocycles.